The molecule has 0 bridgehead atoms. The lowest BCUT2D eigenvalue weighted by Crippen LogP contribution is -2.45. The molecular weight excluding hydrogens is 212 g/mol. The predicted octanol–water partition coefficient (Wildman–Crippen LogP) is 3.79. The van der Waals surface area contributed by atoms with Crippen LogP contribution in [0.5, 0.6) is 0 Å². The molecule has 0 aliphatic carbocycles. The van der Waals surface area contributed by atoms with Crippen LogP contribution in [0.25, 0.3) is 0 Å². The fourth-order valence-electron chi connectivity index (χ4n) is 3.41. The summed E-state index contributed by atoms with van der Waals surface area (Å²) in [5.74, 6) is 1.39. The minimum absolute atomic E-state index is 0.0613. The molecule has 2 heterocycles. The van der Waals surface area contributed by atoms with Crippen molar-refractivity contribution >= 4 is 0 Å². The molecule has 2 heteroatoms. The number of rotatable bonds is 2. The van der Waals surface area contributed by atoms with Gasteiger partial charge in [0.15, 0.2) is 0 Å². The van der Waals surface area contributed by atoms with Crippen molar-refractivity contribution in [1.29, 1.82) is 0 Å². The summed E-state index contributed by atoms with van der Waals surface area (Å²) in [6.07, 6.45) is 6.35. The zero-order chi connectivity index (χ0) is 12.5. The third-order valence-electron chi connectivity index (χ3n) is 4.88. The van der Waals surface area contributed by atoms with Gasteiger partial charge >= 0.3 is 0 Å². The second-order valence-electron chi connectivity index (χ2n) is 6.82. The first-order chi connectivity index (χ1) is 7.92. The molecule has 2 rings (SSSR count). The molecule has 100 valence electrons. The smallest absolute Gasteiger partial charge is 0.0654 e. The Morgan fingerprint density at radius 2 is 1.24 bits per heavy atom. The van der Waals surface area contributed by atoms with Gasteiger partial charge in [-0.2, -0.15) is 0 Å². The summed E-state index contributed by atoms with van der Waals surface area (Å²) in [4.78, 5) is 0. The maximum Gasteiger partial charge on any atom is 0.0654 e. The van der Waals surface area contributed by atoms with Gasteiger partial charge in [-0.05, 0) is 71.6 Å². The Bertz CT molecular complexity index is 232. The molecule has 0 saturated carbocycles. The van der Waals surface area contributed by atoms with Crippen molar-refractivity contribution in [2.75, 3.05) is 13.2 Å². The van der Waals surface area contributed by atoms with Crippen molar-refractivity contribution in [3.8, 4) is 0 Å². The van der Waals surface area contributed by atoms with Crippen molar-refractivity contribution in [2.24, 2.45) is 11.8 Å². The van der Waals surface area contributed by atoms with Crippen LogP contribution in [0.3, 0.4) is 0 Å². The minimum atomic E-state index is 0.0613. The minimum Gasteiger partial charge on any atom is -0.375 e. The fourth-order valence-corrected chi connectivity index (χ4v) is 3.41. The van der Waals surface area contributed by atoms with Crippen molar-refractivity contribution in [3.05, 3.63) is 0 Å². The summed E-state index contributed by atoms with van der Waals surface area (Å²) in [7, 11) is 0. The lowest BCUT2D eigenvalue weighted by Gasteiger charge is -2.45. The van der Waals surface area contributed by atoms with E-state index in [2.05, 4.69) is 27.7 Å². The Labute approximate surface area is 106 Å². The number of hydrogen-bond donors (Lipinski definition) is 0. The largest absolute Gasteiger partial charge is 0.375 e. The van der Waals surface area contributed by atoms with Gasteiger partial charge in [-0.25, -0.2) is 0 Å². The molecule has 0 amide bonds. The van der Waals surface area contributed by atoms with Gasteiger partial charge in [0.2, 0.25) is 0 Å². The topological polar surface area (TPSA) is 18.5 Å². The zero-order valence-corrected chi connectivity index (χ0v) is 11.9. The summed E-state index contributed by atoms with van der Waals surface area (Å²) >= 11 is 0. The van der Waals surface area contributed by atoms with Gasteiger partial charge in [0.1, 0.15) is 0 Å². The van der Waals surface area contributed by atoms with Crippen LogP contribution in [0.15, 0.2) is 0 Å². The van der Waals surface area contributed by atoms with E-state index in [-0.39, 0.29) is 11.2 Å². The van der Waals surface area contributed by atoms with Gasteiger partial charge < -0.3 is 9.47 Å². The second-order valence-corrected chi connectivity index (χ2v) is 6.82. The molecule has 2 aliphatic heterocycles. The molecule has 0 aromatic heterocycles. The Kier molecular flexibility index (Phi) is 3.84. The van der Waals surface area contributed by atoms with E-state index < -0.39 is 0 Å². The lowest BCUT2D eigenvalue weighted by molar-refractivity contribution is -0.133. The maximum absolute atomic E-state index is 5.95. The van der Waals surface area contributed by atoms with Gasteiger partial charge in [-0.15, -0.1) is 0 Å². The third kappa shape index (κ3) is 3.03. The van der Waals surface area contributed by atoms with Crippen molar-refractivity contribution in [2.45, 2.75) is 71.0 Å². The molecule has 0 radical (unpaired) electrons. The van der Waals surface area contributed by atoms with E-state index in [1.165, 1.54) is 32.1 Å². The van der Waals surface area contributed by atoms with Crippen LogP contribution in [-0.2, 0) is 9.47 Å². The van der Waals surface area contributed by atoms with Crippen LogP contribution in [0.1, 0.15) is 59.8 Å². The predicted molar refractivity (Wildman–Crippen MR) is 70.1 cm³/mol. The standard InChI is InChI=1S/C15H28O2/c1-14(2)12(7-5-9-16-14)11-13-8-6-10-17-15(13,3)4/h12-13H,5-11H2,1-4H3. The highest BCUT2D eigenvalue weighted by atomic mass is 16.5. The van der Waals surface area contributed by atoms with E-state index in [0.29, 0.717) is 11.8 Å². The lowest BCUT2D eigenvalue weighted by atomic mass is 9.72. The quantitative estimate of drug-likeness (QED) is 0.731. The van der Waals surface area contributed by atoms with Gasteiger partial charge in [0, 0.05) is 13.2 Å². The van der Waals surface area contributed by atoms with Crippen LogP contribution < -0.4 is 0 Å². The molecule has 2 fully saturated rings. The molecule has 0 aromatic rings. The normalized spacial score (nSPS) is 36.7. The van der Waals surface area contributed by atoms with E-state index in [0.717, 1.165) is 13.2 Å². The zero-order valence-electron chi connectivity index (χ0n) is 11.9. The van der Waals surface area contributed by atoms with Crippen LogP contribution in [0.2, 0.25) is 0 Å². The van der Waals surface area contributed by atoms with Crippen molar-refractivity contribution in [1.82, 2.24) is 0 Å². The number of hydrogen-bond acceptors (Lipinski definition) is 2. The molecule has 2 aliphatic rings. The van der Waals surface area contributed by atoms with Gasteiger partial charge in [-0.1, -0.05) is 0 Å². The van der Waals surface area contributed by atoms with Crippen molar-refractivity contribution < 1.29 is 9.47 Å². The van der Waals surface area contributed by atoms with E-state index in [1.54, 1.807) is 0 Å². The Hall–Kier alpha value is -0.0800. The van der Waals surface area contributed by atoms with Crippen LogP contribution in [0, 0.1) is 11.8 Å². The average molecular weight is 240 g/mol. The highest BCUT2D eigenvalue weighted by Crippen LogP contribution is 2.41. The van der Waals surface area contributed by atoms with Gasteiger partial charge in [-0.3, -0.25) is 0 Å². The highest BCUT2D eigenvalue weighted by Gasteiger charge is 2.40. The van der Waals surface area contributed by atoms with Crippen LogP contribution >= 0.6 is 0 Å². The van der Waals surface area contributed by atoms with Crippen LogP contribution in [0.4, 0.5) is 0 Å². The summed E-state index contributed by atoms with van der Waals surface area (Å²) < 4.78 is 11.9. The molecule has 2 saturated heterocycles. The van der Waals surface area contributed by atoms with Gasteiger partial charge in [0.25, 0.3) is 0 Å². The molecule has 2 unspecified atom stereocenters. The average Bonchev–Trinajstić information content (AvgIpc) is 2.23. The Morgan fingerprint density at radius 1 is 0.824 bits per heavy atom. The Balaban J connectivity index is 1.99. The van der Waals surface area contributed by atoms with E-state index in [4.69, 9.17) is 9.47 Å². The molecule has 0 spiro atoms. The highest BCUT2D eigenvalue weighted by molar-refractivity contribution is 4.90. The SMILES string of the molecule is CC1(C)OCCCC1CC1CCCOC1(C)C. The number of ether oxygens (including phenoxy) is 2. The molecule has 0 aromatic carbocycles. The summed E-state index contributed by atoms with van der Waals surface area (Å²) in [5.41, 5.74) is 0.123. The van der Waals surface area contributed by atoms with E-state index in [9.17, 15) is 0 Å². The first kappa shape index (κ1) is 13.4. The molecule has 17 heavy (non-hydrogen) atoms. The monoisotopic (exact) mass is 240 g/mol. The summed E-state index contributed by atoms with van der Waals surface area (Å²) in [6, 6.07) is 0. The van der Waals surface area contributed by atoms with Crippen LogP contribution in [-0.4, -0.2) is 24.4 Å². The fraction of sp³-hybridized carbons (Fsp3) is 1.00. The first-order valence-electron chi connectivity index (χ1n) is 7.20. The van der Waals surface area contributed by atoms with Gasteiger partial charge in [0.05, 0.1) is 11.2 Å². The molecule has 2 nitrogen and oxygen atoms in total. The molecule has 2 atom stereocenters. The molecule has 0 N–H and O–H groups in total. The maximum atomic E-state index is 5.95. The van der Waals surface area contributed by atoms with E-state index >= 15 is 0 Å². The second kappa shape index (κ2) is 4.89. The van der Waals surface area contributed by atoms with E-state index in [1.807, 2.05) is 0 Å². The molecular formula is C15H28O2. The first-order valence-corrected chi connectivity index (χ1v) is 7.20. The Morgan fingerprint density at radius 3 is 1.59 bits per heavy atom. The van der Waals surface area contributed by atoms with Crippen molar-refractivity contribution in [3.63, 3.8) is 0 Å². The summed E-state index contributed by atoms with van der Waals surface area (Å²) in [5, 5.41) is 0. The summed E-state index contributed by atoms with van der Waals surface area (Å²) in [6.45, 7) is 10.9. The third-order valence-corrected chi connectivity index (χ3v) is 4.88.